The number of rotatable bonds is 7. The molecule has 1 aromatic rings. The molecule has 0 aromatic heterocycles. The highest BCUT2D eigenvalue weighted by Gasteiger charge is 2.21. The number of amidine groups is 1. The summed E-state index contributed by atoms with van der Waals surface area (Å²) in [6, 6.07) is 11.0. The molecule has 0 spiro atoms. The lowest BCUT2D eigenvalue weighted by Crippen LogP contribution is -2.31. The van der Waals surface area contributed by atoms with Gasteiger partial charge in [-0.1, -0.05) is 57.0 Å². The molecule has 21 heavy (non-hydrogen) atoms. The van der Waals surface area contributed by atoms with Gasteiger partial charge in [0.05, 0.1) is 18.4 Å². The Labute approximate surface area is 129 Å². The molecular weight excluding hydrogens is 258 g/mol. The van der Waals surface area contributed by atoms with Gasteiger partial charge in [0.15, 0.2) is 0 Å². The van der Waals surface area contributed by atoms with Gasteiger partial charge < -0.3 is 5.73 Å². The fourth-order valence-corrected chi connectivity index (χ4v) is 3.31. The van der Waals surface area contributed by atoms with Crippen LogP contribution in [0.1, 0.15) is 51.1 Å². The van der Waals surface area contributed by atoms with E-state index < -0.39 is 0 Å². The molecule has 3 nitrogen and oxygen atoms in total. The van der Waals surface area contributed by atoms with Crippen LogP contribution in [-0.4, -0.2) is 30.4 Å². The van der Waals surface area contributed by atoms with Crippen LogP contribution in [0.3, 0.4) is 0 Å². The number of nitrogens with zero attached hydrogens (tertiary/aromatic N) is 2. The van der Waals surface area contributed by atoms with Crippen LogP contribution in [0.4, 0.5) is 0 Å². The summed E-state index contributed by atoms with van der Waals surface area (Å²) in [7, 11) is 0. The van der Waals surface area contributed by atoms with Crippen molar-refractivity contribution in [3.63, 3.8) is 0 Å². The maximum atomic E-state index is 6.22. The monoisotopic (exact) mass is 287 g/mol. The first-order chi connectivity index (χ1) is 10.3. The van der Waals surface area contributed by atoms with Crippen molar-refractivity contribution in [1.82, 2.24) is 4.90 Å². The van der Waals surface area contributed by atoms with Gasteiger partial charge in [0.1, 0.15) is 0 Å². The third-order valence-electron chi connectivity index (χ3n) is 4.66. The smallest absolute Gasteiger partial charge is 0.0969 e. The Balaban J connectivity index is 2.10. The summed E-state index contributed by atoms with van der Waals surface area (Å²) in [5, 5.41) is 0. The van der Waals surface area contributed by atoms with Crippen molar-refractivity contribution in [3.05, 3.63) is 35.9 Å². The minimum absolute atomic E-state index is 0.334. The first-order valence-electron chi connectivity index (χ1n) is 8.35. The molecule has 0 radical (unpaired) electrons. The Morgan fingerprint density at radius 3 is 2.38 bits per heavy atom. The van der Waals surface area contributed by atoms with Crippen molar-refractivity contribution in [2.45, 2.75) is 45.6 Å². The molecule has 2 N–H and O–H groups in total. The molecule has 0 amide bonds. The largest absolute Gasteiger partial charge is 0.387 e. The first-order valence-corrected chi connectivity index (χ1v) is 8.35. The van der Waals surface area contributed by atoms with Gasteiger partial charge in [-0.05, 0) is 31.5 Å². The molecule has 1 fully saturated rings. The van der Waals surface area contributed by atoms with Crippen LogP contribution in [0.5, 0.6) is 0 Å². The molecule has 1 unspecified atom stereocenters. The van der Waals surface area contributed by atoms with Crippen molar-refractivity contribution in [3.8, 4) is 0 Å². The van der Waals surface area contributed by atoms with Crippen LogP contribution in [0.25, 0.3) is 0 Å². The summed E-state index contributed by atoms with van der Waals surface area (Å²) in [6.07, 6.45) is 5.05. The van der Waals surface area contributed by atoms with Crippen molar-refractivity contribution >= 4 is 5.84 Å². The summed E-state index contributed by atoms with van der Waals surface area (Å²) < 4.78 is 0. The second kappa shape index (κ2) is 8.18. The van der Waals surface area contributed by atoms with Crippen molar-refractivity contribution < 1.29 is 0 Å². The maximum Gasteiger partial charge on any atom is 0.0969 e. The molecule has 1 aliphatic rings. The molecule has 0 saturated heterocycles. The summed E-state index contributed by atoms with van der Waals surface area (Å²) in [6.45, 7) is 7.27. The highest BCUT2D eigenvalue weighted by atomic mass is 15.2. The van der Waals surface area contributed by atoms with Crippen LogP contribution in [0.2, 0.25) is 0 Å². The van der Waals surface area contributed by atoms with E-state index in [2.05, 4.69) is 49.1 Å². The minimum Gasteiger partial charge on any atom is -0.387 e. The summed E-state index contributed by atoms with van der Waals surface area (Å²) in [5.74, 6) is 1.40. The maximum absolute atomic E-state index is 6.22. The fraction of sp³-hybridized carbons (Fsp3) is 0.611. The number of hydrogen-bond donors (Lipinski definition) is 1. The van der Waals surface area contributed by atoms with Crippen LogP contribution in [0, 0.1) is 5.92 Å². The van der Waals surface area contributed by atoms with Crippen LogP contribution >= 0.6 is 0 Å². The van der Waals surface area contributed by atoms with E-state index in [1.807, 2.05) is 0 Å². The third-order valence-corrected chi connectivity index (χ3v) is 4.66. The lowest BCUT2D eigenvalue weighted by atomic mass is 10.0. The van der Waals surface area contributed by atoms with E-state index in [0.29, 0.717) is 12.0 Å². The summed E-state index contributed by atoms with van der Waals surface area (Å²) in [4.78, 5) is 7.21. The number of aliphatic imine (C=N–C) groups is 1. The average Bonchev–Trinajstić information content (AvgIpc) is 3.06. The Kier molecular flexibility index (Phi) is 6.24. The highest BCUT2D eigenvalue weighted by Crippen LogP contribution is 2.26. The quantitative estimate of drug-likeness (QED) is 0.615. The molecule has 0 heterocycles. The van der Waals surface area contributed by atoms with Crippen molar-refractivity contribution in [2.24, 2.45) is 16.6 Å². The normalized spacial score (nSPS) is 18.3. The van der Waals surface area contributed by atoms with Gasteiger partial charge in [-0.3, -0.25) is 9.89 Å². The van der Waals surface area contributed by atoms with E-state index in [-0.39, 0.29) is 0 Å². The molecule has 1 aromatic carbocycles. The fourth-order valence-electron chi connectivity index (χ4n) is 3.31. The molecular formula is C18H29N3. The third kappa shape index (κ3) is 4.31. The van der Waals surface area contributed by atoms with Gasteiger partial charge in [0, 0.05) is 5.92 Å². The van der Waals surface area contributed by atoms with Crippen LogP contribution in [-0.2, 0) is 0 Å². The average molecular weight is 287 g/mol. The second-order valence-electron chi connectivity index (χ2n) is 5.89. The zero-order valence-electron chi connectivity index (χ0n) is 13.5. The summed E-state index contributed by atoms with van der Waals surface area (Å²) in [5.41, 5.74) is 7.56. The second-order valence-corrected chi connectivity index (χ2v) is 5.89. The molecule has 1 aliphatic carbocycles. The molecule has 3 heteroatoms. The Bertz CT molecular complexity index is 431. The molecule has 2 rings (SSSR count). The summed E-state index contributed by atoms with van der Waals surface area (Å²) >= 11 is 0. The predicted molar refractivity (Wildman–Crippen MR) is 90.6 cm³/mol. The van der Waals surface area contributed by atoms with Gasteiger partial charge in [-0.15, -0.1) is 0 Å². The molecule has 0 aliphatic heterocycles. The Morgan fingerprint density at radius 2 is 1.81 bits per heavy atom. The molecule has 1 atom stereocenters. The predicted octanol–water partition coefficient (Wildman–Crippen LogP) is 3.62. The van der Waals surface area contributed by atoms with E-state index >= 15 is 0 Å². The highest BCUT2D eigenvalue weighted by molar-refractivity contribution is 5.83. The Morgan fingerprint density at radius 1 is 1.19 bits per heavy atom. The van der Waals surface area contributed by atoms with Gasteiger partial charge in [-0.25, -0.2) is 0 Å². The zero-order valence-corrected chi connectivity index (χ0v) is 13.5. The SMILES string of the molecule is CCN(CC)C(CN=C(N)C1CCCC1)c1ccccc1. The zero-order chi connectivity index (χ0) is 15.1. The molecule has 0 bridgehead atoms. The van der Waals surface area contributed by atoms with Crippen LogP contribution < -0.4 is 5.73 Å². The van der Waals surface area contributed by atoms with E-state index in [1.165, 1.54) is 31.2 Å². The number of likely N-dealkylation sites (N-methyl/N-ethyl adjacent to an activating group) is 1. The van der Waals surface area contributed by atoms with Gasteiger partial charge in [0.2, 0.25) is 0 Å². The topological polar surface area (TPSA) is 41.6 Å². The van der Waals surface area contributed by atoms with E-state index in [1.54, 1.807) is 0 Å². The van der Waals surface area contributed by atoms with Gasteiger partial charge in [0.25, 0.3) is 0 Å². The van der Waals surface area contributed by atoms with Crippen molar-refractivity contribution in [2.75, 3.05) is 19.6 Å². The first kappa shape index (κ1) is 16.0. The molecule has 116 valence electrons. The van der Waals surface area contributed by atoms with Crippen LogP contribution in [0.15, 0.2) is 35.3 Å². The van der Waals surface area contributed by atoms with E-state index in [4.69, 9.17) is 10.7 Å². The van der Waals surface area contributed by atoms with Crippen molar-refractivity contribution in [1.29, 1.82) is 0 Å². The number of nitrogens with two attached hydrogens (primary N) is 1. The lowest BCUT2D eigenvalue weighted by Gasteiger charge is -2.29. The Hall–Kier alpha value is -1.35. The number of benzene rings is 1. The molecule has 1 saturated carbocycles. The van der Waals surface area contributed by atoms with E-state index in [0.717, 1.165) is 25.5 Å². The van der Waals surface area contributed by atoms with E-state index in [9.17, 15) is 0 Å². The lowest BCUT2D eigenvalue weighted by molar-refractivity contribution is 0.224. The minimum atomic E-state index is 0.334. The number of hydrogen-bond acceptors (Lipinski definition) is 2. The van der Waals surface area contributed by atoms with Gasteiger partial charge >= 0.3 is 0 Å². The standard InChI is InChI=1S/C18H29N3/c1-3-21(4-2)17(15-10-6-5-7-11-15)14-20-18(19)16-12-8-9-13-16/h5-7,10-11,16-17H,3-4,8-9,12-14H2,1-2H3,(H2,19,20). The van der Waals surface area contributed by atoms with Gasteiger partial charge in [-0.2, -0.15) is 0 Å².